The Balaban J connectivity index is 1.79. The van der Waals surface area contributed by atoms with Gasteiger partial charge in [0.15, 0.2) is 22.7 Å². The Morgan fingerprint density at radius 2 is 1.81 bits per heavy atom. The number of rotatable bonds is 7. The molecule has 0 spiro atoms. The Kier molecular flexibility index (Phi) is 5.16. The van der Waals surface area contributed by atoms with Gasteiger partial charge in [-0.25, -0.2) is 0 Å². The second-order valence-electron chi connectivity index (χ2n) is 7.13. The van der Waals surface area contributed by atoms with Crippen molar-refractivity contribution in [3.63, 3.8) is 0 Å². The Hall–Kier alpha value is -2.56. The first-order valence-corrected chi connectivity index (χ1v) is 8.91. The zero-order valence-electron chi connectivity index (χ0n) is 15.7. The Morgan fingerprint density at radius 1 is 1.15 bits per heavy atom. The average molecular weight is 355 g/mol. The van der Waals surface area contributed by atoms with E-state index < -0.39 is 0 Å². The summed E-state index contributed by atoms with van der Waals surface area (Å²) in [6.45, 7) is 6.71. The van der Waals surface area contributed by atoms with Gasteiger partial charge in [0.25, 0.3) is 0 Å². The molecular formula is C21H25NO4. The maximum absolute atomic E-state index is 12.8. The lowest BCUT2D eigenvalue weighted by Crippen LogP contribution is -2.18. The molecule has 0 amide bonds. The molecule has 2 unspecified atom stereocenters. The molecule has 1 heterocycles. The van der Waals surface area contributed by atoms with Gasteiger partial charge >= 0.3 is 0 Å². The molecule has 3 rings (SSSR count). The molecule has 5 heteroatoms. The molecule has 26 heavy (non-hydrogen) atoms. The van der Waals surface area contributed by atoms with Crippen LogP contribution in [0.5, 0.6) is 11.5 Å². The number of benzene rings is 1. The summed E-state index contributed by atoms with van der Waals surface area (Å²) in [4.78, 5) is 24.3. The fourth-order valence-corrected chi connectivity index (χ4v) is 3.16. The number of carbonyl (C=O) groups excluding carboxylic acids is 1. The van der Waals surface area contributed by atoms with Crippen LogP contribution in [0.25, 0.3) is 0 Å². The first-order valence-electron chi connectivity index (χ1n) is 8.91. The van der Waals surface area contributed by atoms with E-state index in [2.05, 4.69) is 6.92 Å². The molecule has 0 aliphatic heterocycles. The first-order chi connectivity index (χ1) is 12.4. The van der Waals surface area contributed by atoms with Crippen molar-refractivity contribution in [2.75, 3.05) is 13.7 Å². The summed E-state index contributed by atoms with van der Waals surface area (Å²) >= 11 is 0. The Morgan fingerprint density at radius 3 is 2.38 bits per heavy atom. The molecule has 1 aliphatic carbocycles. The molecule has 0 radical (unpaired) electrons. The number of Topliss-reactive ketones (excluding diaryl/α,β-unsaturated/α-hetero) is 1. The van der Waals surface area contributed by atoms with Gasteiger partial charge in [0, 0.05) is 29.1 Å². The molecule has 2 atom stereocenters. The number of ketones is 1. The third-order valence-corrected chi connectivity index (χ3v) is 5.07. The quantitative estimate of drug-likeness (QED) is 0.715. The number of aromatic nitrogens is 1. The third-order valence-electron chi connectivity index (χ3n) is 5.07. The largest absolute Gasteiger partial charge is 0.493 e. The van der Waals surface area contributed by atoms with Crippen LogP contribution in [0.2, 0.25) is 0 Å². The fraction of sp³-hybridized carbons (Fsp3) is 0.429. The highest BCUT2D eigenvalue weighted by molar-refractivity contribution is 5.96. The number of ether oxygens (including phenoxy) is 2. The highest BCUT2D eigenvalue weighted by Crippen LogP contribution is 2.39. The van der Waals surface area contributed by atoms with Crippen LogP contribution in [0, 0.1) is 25.7 Å². The number of hydrogen-bond acceptors (Lipinski definition) is 4. The standard InChI is InChI=1S/C21H25NO4/c1-13-7-17(13)12-26-21-10-16(5-6-20(21)25-4)19(24)11-22-14(2)8-18(23)9-15(22)3/h5-6,8-10,13,17H,7,11-12H2,1-4H3. The van der Waals surface area contributed by atoms with Crippen LogP contribution in [0.3, 0.4) is 0 Å². The van der Waals surface area contributed by atoms with E-state index in [1.165, 1.54) is 6.42 Å². The molecule has 1 saturated carbocycles. The molecule has 1 aromatic carbocycles. The fourth-order valence-electron chi connectivity index (χ4n) is 3.16. The monoisotopic (exact) mass is 355 g/mol. The lowest BCUT2D eigenvalue weighted by molar-refractivity contribution is 0.0969. The molecule has 0 N–H and O–H groups in total. The SMILES string of the molecule is COc1ccc(C(=O)Cn2c(C)cc(=O)cc2C)cc1OCC1CC1C. The van der Waals surface area contributed by atoms with Gasteiger partial charge in [-0.3, -0.25) is 9.59 Å². The van der Waals surface area contributed by atoms with Gasteiger partial charge in [-0.05, 0) is 50.3 Å². The number of hydrogen-bond donors (Lipinski definition) is 0. The predicted molar refractivity (Wildman–Crippen MR) is 100 cm³/mol. The van der Waals surface area contributed by atoms with Crippen LogP contribution in [0.15, 0.2) is 35.1 Å². The third kappa shape index (κ3) is 3.98. The van der Waals surface area contributed by atoms with E-state index >= 15 is 0 Å². The topological polar surface area (TPSA) is 57.5 Å². The second kappa shape index (κ2) is 7.36. The molecular weight excluding hydrogens is 330 g/mol. The van der Waals surface area contributed by atoms with E-state index in [1.807, 2.05) is 18.4 Å². The molecule has 1 aliphatic rings. The highest BCUT2D eigenvalue weighted by Gasteiger charge is 2.33. The number of nitrogens with zero attached hydrogens (tertiary/aromatic N) is 1. The number of pyridine rings is 1. The number of carbonyl (C=O) groups is 1. The van der Waals surface area contributed by atoms with Crippen molar-refractivity contribution in [2.24, 2.45) is 11.8 Å². The summed E-state index contributed by atoms with van der Waals surface area (Å²) in [6, 6.07) is 8.35. The van der Waals surface area contributed by atoms with Crippen molar-refractivity contribution in [1.29, 1.82) is 0 Å². The molecule has 1 fully saturated rings. The summed E-state index contributed by atoms with van der Waals surface area (Å²) < 4.78 is 13.1. The minimum Gasteiger partial charge on any atom is -0.493 e. The minimum absolute atomic E-state index is 0.0351. The summed E-state index contributed by atoms with van der Waals surface area (Å²) in [6.07, 6.45) is 1.19. The number of aryl methyl sites for hydroxylation is 2. The van der Waals surface area contributed by atoms with Crippen LogP contribution in [0.1, 0.15) is 35.1 Å². The average Bonchev–Trinajstić information content (AvgIpc) is 3.31. The van der Waals surface area contributed by atoms with Crippen molar-refractivity contribution < 1.29 is 14.3 Å². The lowest BCUT2D eigenvalue weighted by atomic mass is 10.1. The lowest BCUT2D eigenvalue weighted by Gasteiger charge is -2.15. The van der Waals surface area contributed by atoms with Crippen molar-refractivity contribution in [1.82, 2.24) is 4.57 Å². The smallest absolute Gasteiger partial charge is 0.182 e. The number of methoxy groups -OCH3 is 1. The molecule has 1 aromatic heterocycles. The van der Waals surface area contributed by atoms with Crippen LogP contribution in [-0.2, 0) is 6.54 Å². The van der Waals surface area contributed by atoms with Crippen molar-refractivity contribution in [2.45, 2.75) is 33.7 Å². The van der Waals surface area contributed by atoms with Crippen LogP contribution < -0.4 is 14.9 Å². The van der Waals surface area contributed by atoms with E-state index in [1.54, 1.807) is 37.4 Å². The van der Waals surface area contributed by atoms with E-state index in [0.717, 1.165) is 11.4 Å². The normalized spacial score (nSPS) is 18.5. The zero-order chi connectivity index (χ0) is 18.8. The van der Waals surface area contributed by atoms with Crippen LogP contribution >= 0.6 is 0 Å². The summed E-state index contributed by atoms with van der Waals surface area (Å²) in [5, 5.41) is 0. The zero-order valence-corrected chi connectivity index (χ0v) is 15.7. The summed E-state index contributed by atoms with van der Waals surface area (Å²) in [5.74, 6) is 2.49. The first kappa shape index (κ1) is 18.2. The summed E-state index contributed by atoms with van der Waals surface area (Å²) in [5.41, 5.74) is 2.08. The minimum atomic E-state index is -0.0434. The van der Waals surface area contributed by atoms with E-state index in [-0.39, 0.29) is 17.8 Å². The van der Waals surface area contributed by atoms with Gasteiger partial charge < -0.3 is 14.0 Å². The maximum Gasteiger partial charge on any atom is 0.182 e. The Bertz CT molecular complexity index is 858. The van der Waals surface area contributed by atoms with E-state index in [4.69, 9.17) is 9.47 Å². The van der Waals surface area contributed by atoms with Crippen LogP contribution in [-0.4, -0.2) is 24.1 Å². The van der Waals surface area contributed by atoms with Crippen molar-refractivity contribution in [3.05, 3.63) is 57.5 Å². The van der Waals surface area contributed by atoms with Gasteiger partial charge in [-0.1, -0.05) is 6.92 Å². The van der Waals surface area contributed by atoms with Gasteiger partial charge in [-0.15, -0.1) is 0 Å². The van der Waals surface area contributed by atoms with Gasteiger partial charge in [0.05, 0.1) is 20.3 Å². The predicted octanol–water partition coefficient (Wildman–Crippen LogP) is 3.39. The molecule has 2 aromatic rings. The van der Waals surface area contributed by atoms with E-state index in [9.17, 15) is 9.59 Å². The summed E-state index contributed by atoms with van der Waals surface area (Å²) in [7, 11) is 1.59. The Labute approximate surface area is 153 Å². The molecule has 5 nitrogen and oxygen atoms in total. The maximum atomic E-state index is 12.8. The molecule has 0 bridgehead atoms. The van der Waals surface area contributed by atoms with Crippen molar-refractivity contribution in [3.8, 4) is 11.5 Å². The van der Waals surface area contributed by atoms with Gasteiger partial charge in [0.2, 0.25) is 0 Å². The molecule has 138 valence electrons. The second-order valence-corrected chi connectivity index (χ2v) is 7.13. The van der Waals surface area contributed by atoms with E-state index in [0.29, 0.717) is 35.5 Å². The highest BCUT2D eigenvalue weighted by atomic mass is 16.5. The molecule has 0 saturated heterocycles. The van der Waals surface area contributed by atoms with Gasteiger partial charge in [0.1, 0.15) is 0 Å². The van der Waals surface area contributed by atoms with Crippen LogP contribution in [0.4, 0.5) is 0 Å². The van der Waals surface area contributed by atoms with Gasteiger partial charge in [-0.2, -0.15) is 0 Å². The van der Waals surface area contributed by atoms with Crippen molar-refractivity contribution >= 4 is 5.78 Å².